The van der Waals surface area contributed by atoms with Crippen molar-refractivity contribution in [2.45, 2.75) is 63.8 Å². The van der Waals surface area contributed by atoms with Gasteiger partial charge in [-0.2, -0.15) is 0 Å². The molecule has 0 aromatic carbocycles. The third-order valence-electron chi connectivity index (χ3n) is 3.59. The van der Waals surface area contributed by atoms with Gasteiger partial charge in [0.1, 0.15) is 5.84 Å². The number of unbranched alkanes of at least 4 members (excludes halogenated alkanes) is 1. The van der Waals surface area contributed by atoms with Crippen LogP contribution in [0.5, 0.6) is 0 Å². The van der Waals surface area contributed by atoms with E-state index in [-0.39, 0.29) is 11.6 Å². The highest BCUT2D eigenvalue weighted by molar-refractivity contribution is 7.89. The SMILES string of the molecule is CCCCS(=O)(=O)NC1(C(=N)N)CCCCCC1. The Kier molecular flexibility index (Phi) is 5.59. The second kappa shape index (κ2) is 6.52. The second-order valence-electron chi connectivity index (χ2n) is 5.18. The Bertz CT molecular complexity index is 371. The first-order valence-corrected chi connectivity index (χ1v) is 8.43. The summed E-state index contributed by atoms with van der Waals surface area (Å²) in [6.07, 6.45) is 6.81. The maximum absolute atomic E-state index is 12.0. The number of nitrogens with two attached hydrogens (primary N) is 1. The van der Waals surface area contributed by atoms with E-state index in [1.807, 2.05) is 6.92 Å². The molecule has 5 nitrogen and oxygen atoms in total. The molecule has 0 spiro atoms. The number of nitrogens with one attached hydrogen (secondary N) is 2. The highest BCUT2D eigenvalue weighted by Gasteiger charge is 2.37. The molecule has 1 rings (SSSR count). The zero-order valence-electron chi connectivity index (χ0n) is 11.2. The van der Waals surface area contributed by atoms with Gasteiger partial charge in [-0.3, -0.25) is 5.41 Å². The van der Waals surface area contributed by atoms with Crippen molar-refractivity contribution < 1.29 is 8.42 Å². The van der Waals surface area contributed by atoms with Crippen LogP contribution in [-0.4, -0.2) is 25.5 Å². The highest BCUT2D eigenvalue weighted by atomic mass is 32.2. The molecule has 0 heterocycles. The van der Waals surface area contributed by atoms with Gasteiger partial charge in [-0.15, -0.1) is 0 Å². The smallest absolute Gasteiger partial charge is 0.212 e. The minimum absolute atomic E-state index is 0.0375. The van der Waals surface area contributed by atoms with Crippen molar-refractivity contribution in [1.29, 1.82) is 5.41 Å². The van der Waals surface area contributed by atoms with Gasteiger partial charge in [-0.1, -0.05) is 39.0 Å². The van der Waals surface area contributed by atoms with E-state index in [1.54, 1.807) is 0 Å². The zero-order valence-corrected chi connectivity index (χ0v) is 12.0. The summed E-state index contributed by atoms with van der Waals surface area (Å²) in [5.74, 6) is 0.0860. The van der Waals surface area contributed by atoms with E-state index < -0.39 is 15.6 Å². The van der Waals surface area contributed by atoms with Crippen molar-refractivity contribution in [3.8, 4) is 0 Å². The standard InChI is InChI=1S/C12H25N3O2S/c1-2-3-10-18(16,17)15-12(11(13)14)8-6-4-5-7-9-12/h15H,2-10H2,1H3,(H3,13,14). The average molecular weight is 275 g/mol. The summed E-state index contributed by atoms with van der Waals surface area (Å²) in [4.78, 5) is 0. The van der Waals surface area contributed by atoms with Crippen molar-refractivity contribution in [3.63, 3.8) is 0 Å². The summed E-state index contributed by atoms with van der Waals surface area (Å²) in [7, 11) is -3.33. The third kappa shape index (κ3) is 4.24. The lowest BCUT2D eigenvalue weighted by Crippen LogP contribution is -2.57. The van der Waals surface area contributed by atoms with E-state index in [1.165, 1.54) is 0 Å². The molecule has 106 valence electrons. The molecular formula is C12H25N3O2S. The van der Waals surface area contributed by atoms with E-state index >= 15 is 0 Å². The van der Waals surface area contributed by atoms with Crippen LogP contribution in [0.25, 0.3) is 0 Å². The molecule has 6 heteroatoms. The van der Waals surface area contributed by atoms with E-state index in [0.717, 1.165) is 32.1 Å². The molecule has 0 aliphatic heterocycles. The molecule has 0 saturated heterocycles. The molecule has 0 aromatic rings. The van der Waals surface area contributed by atoms with Crippen LogP contribution in [0, 0.1) is 5.41 Å². The van der Waals surface area contributed by atoms with Crippen molar-refractivity contribution in [1.82, 2.24) is 4.72 Å². The number of sulfonamides is 1. The lowest BCUT2D eigenvalue weighted by Gasteiger charge is -2.32. The zero-order chi connectivity index (χ0) is 13.6. The van der Waals surface area contributed by atoms with Gasteiger partial charge in [-0.05, 0) is 19.3 Å². The van der Waals surface area contributed by atoms with Crippen LogP contribution in [0.3, 0.4) is 0 Å². The van der Waals surface area contributed by atoms with Crippen LogP contribution >= 0.6 is 0 Å². The maximum atomic E-state index is 12.0. The molecule has 0 radical (unpaired) electrons. The van der Waals surface area contributed by atoms with Crippen LogP contribution in [-0.2, 0) is 10.0 Å². The summed E-state index contributed by atoms with van der Waals surface area (Å²) < 4.78 is 26.7. The predicted octanol–water partition coefficient (Wildman–Crippen LogP) is 1.73. The summed E-state index contributed by atoms with van der Waals surface area (Å²) in [5, 5.41) is 7.74. The molecule has 1 aliphatic carbocycles. The Balaban J connectivity index is 2.82. The molecule has 1 fully saturated rings. The molecule has 1 aliphatic rings. The number of amidine groups is 1. The Hall–Kier alpha value is -0.620. The van der Waals surface area contributed by atoms with Crippen molar-refractivity contribution >= 4 is 15.9 Å². The monoisotopic (exact) mass is 275 g/mol. The van der Waals surface area contributed by atoms with Gasteiger partial charge in [0.25, 0.3) is 0 Å². The Morgan fingerprint density at radius 3 is 2.28 bits per heavy atom. The minimum atomic E-state index is -3.33. The first-order valence-electron chi connectivity index (χ1n) is 6.78. The Morgan fingerprint density at radius 2 is 1.83 bits per heavy atom. The molecule has 1 saturated carbocycles. The first kappa shape index (κ1) is 15.4. The van der Waals surface area contributed by atoms with Gasteiger partial charge >= 0.3 is 0 Å². The fraction of sp³-hybridized carbons (Fsp3) is 0.917. The van der Waals surface area contributed by atoms with Gasteiger partial charge in [-0.25, -0.2) is 13.1 Å². The fourth-order valence-corrected chi connectivity index (χ4v) is 4.12. The van der Waals surface area contributed by atoms with E-state index in [4.69, 9.17) is 11.1 Å². The van der Waals surface area contributed by atoms with E-state index in [9.17, 15) is 8.42 Å². The maximum Gasteiger partial charge on any atom is 0.212 e. The molecule has 18 heavy (non-hydrogen) atoms. The van der Waals surface area contributed by atoms with Crippen molar-refractivity contribution in [3.05, 3.63) is 0 Å². The lowest BCUT2D eigenvalue weighted by atomic mass is 9.90. The van der Waals surface area contributed by atoms with Gasteiger partial charge in [0.05, 0.1) is 11.3 Å². The van der Waals surface area contributed by atoms with Gasteiger partial charge in [0, 0.05) is 0 Å². The van der Waals surface area contributed by atoms with Crippen LogP contribution in [0.2, 0.25) is 0 Å². The Morgan fingerprint density at radius 1 is 1.28 bits per heavy atom. The van der Waals surface area contributed by atoms with Gasteiger partial charge < -0.3 is 5.73 Å². The lowest BCUT2D eigenvalue weighted by molar-refractivity contribution is 0.433. The molecule has 0 aromatic heterocycles. The largest absolute Gasteiger partial charge is 0.386 e. The molecular weight excluding hydrogens is 250 g/mol. The summed E-state index contributed by atoms with van der Waals surface area (Å²) in [6, 6.07) is 0. The van der Waals surface area contributed by atoms with Crippen LogP contribution in [0.4, 0.5) is 0 Å². The molecule has 0 amide bonds. The van der Waals surface area contributed by atoms with E-state index in [0.29, 0.717) is 19.3 Å². The van der Waals surface area contributed by atoms with Crippen LogP contribution in [0.15, 0.2) is 0 Å². The van der Waals surface area contributed by atoms with Gasteiger partial charge in [0.15, 0.2) is 0 Å². The normalized spacial score (nSPS) is 20.3. The molecule has 4 N–H and O–H groups in total. The highest BCUT2D eigenvalue weighted by Crippen LogP contribution is 2.28. The van der Waals surface area contributed by atoms with Crippen LogP contribution in [0.1, 0.15) is 58.3 Å². The minimum Gasteiger partial charge on any atom is -0.386 e. The van der Waals surface area contributed by atoms with E-state index in [2.05, 4.69) is 4.72 Å². The summed E-state index contributed by atoms with van der Waals surface area (Å²) in [6.45, 7) is 1.96. The van der Waals surface area contributed by atoms with Gasteiger partial charge in [0.2, 0.25) is 10.0 Å². The molecule has 0 bridgehead atoms. The fourth-order valence-electron chi connectivity index (χ4n) is 2.44. The summed E-state index contributed by atoms with van der Waals surface area (Å²) in [5.41, 5.74) is 4.83. The van der Waals surface area contributed by atoms with Crippen LogP contribution < -0.4 is 10.5 Å². The summed E-state index contributed by atoms with van der Waals surface area (Å²) >= 11 is 0. The third-order valence-corrected chi connectivity index (χ3v) is 5.12. The van der Waals surface area contributed by atoms with Crippen molar-refractivity contribution in [2.75, 3.05) is 5.75 Å². The quantitative estimate of drug-likeness (QED) is 0.391. The topological polar surface area (TPSA) is 96.0 Å². The number of hydrogen-bond donors (Lipinski definition) is 3. The number of rotatable bonds is 6. The van der Waals surface area contributed by atoms with Crippen molar-refractivity contribution in [2.24, 2.45) is 5.73 Å². The Labute approximate surface area is 110 Å². The first-order chi connectivity index (χ1) is 8.42. The molecule has 0 atom stereocenters. The predicted molar refractivity (Wildman–Crippen MR) is 74.2 cm³/mol. The number of hydrogen-bond acceptors (Lipinski definition) is 3. The average Bonchev–Trinajstić information content (AvgIpc) is 2.52. The second-order valence-corrected chi connectivity index (χ2v) is 7.03. The molecule has 0 unspecified atom stereocenters.